The molecule has 1 N–H and O–H groups in total. The number of hydrogen-bond acceptors (Lipinski definition) is 10. The Bertz CT molecular complexity index is 1330. The summed E-state index contributed by atoms with van der Waals surface area (Å²) in [6, 6.07) is 7.94. The van der Waals surface area contributed by atoms with Crippen LogP contribution in [0.5, 0.6) is 0 Å². The van der Waals surface area contributed by atoms with Crippen molar-refractivity contribution in [2.45, 2.75) is 46.2 Å². The number of aromatic nitrogens is 6. The first-order valence-corrected chi connectivity index (χ1v) is 13.3. The Balaban J connectivity index is 0.000000180. The van der Waals surface area contributed by atoms with E-state index in [-0.39, 0.29) is 5.54 Å². The predicted octanol–water partition coefficient (Wildman–Crippen LogP) is 4.39. The standard InChI is InChI=1S/C15H20N4OS.C11H15N5/c1-15(2,3)19-6-4-18(5-7-19)14-17-12-9-16-11(10-20)8-13(12)21-14;1-8(2)16-7-13-15-11(16)9-5-4-6-10(12-3)14-9/h8-10H,4-7H2,1-3H3;4-8H,1-3H3,(H,12,14). The van der Waals surface area contributed by atoms with Gasteiger partial charge in [-0.3, -0.25) is 14.7 Å². The summed E-state index contributed by atoms with van der Waals surface area (Å²) in [5.74, 6) is 1.63. The van der Waals surface area contributed by atoms with Gasteiger partial charge in [-0.15, -0.1) is 10.2 Å². The number of piperazine rings is 1. The summed E-state index contributed by atoms with van der Waals surface area (Å²) < 4.78 is 3.03. The van der Waals surface area contributed by atoms with Gasteiger partial charge in [0.15, 0.2) is 17.2 Å². The van der Waals surface area contributed by atoms with Crippen LogP contribution in [-0.2, 0) is 0 Å². The molecule has 0 aliphatic carbocycles. The minimum Gasteiger partial charge on any atom is -0.373 e. The van der Waals surface area contributed by atoms with E-state index in [0.29, 0.717) is 11.7 Å². The van der Waals surface area contributed by atoms with Gasteiger partial charge in [-0.25, -0.2) is 9.97 Å². The van der Waals surface area contributed by atoms with Crippen LogP contribution in [0.15, 0.2) is 36.8 Å². The average molecular weight is 522 g/mol. The van der Waals surface area contributed by atoms with Crippen LogP contribution in [0, 0.1) is 0 Å². The van der Waals surface area contributed by atoms with Gasteiger partial charge >= 0.3 is 0 Å². The summed E-state index contributed by atoms with van der Waals surface area (Å²) in [6.07, 6.45) is 4.19. The molecule has 4 aromatic rings. The topological polar surface area (TPSA) is 105 Å². The monoisotopic (exact) mass is 521 g/mol. The number of pyridine rings is 2. The molecule has 0 bridgehead atoms. The van der Waals surface area contributed by atoms with Gasteiger partial charge in [0, 0.05) is 44.8 Å². The van der Waals surface area contributed by atoms with Gasteiger partial charge < -0.3 is 14.8 Å². The molecule has 0 saturated carbocycles. The summed E-state index contributed by atoms with van der Waals surface area (Å²) in [6.45, 7) is 15.0. The molecule has 196 valence electrons. The first-order valence-electron chi connectivity index (χ1n) is 12.5. The van der Waals surface area contributed by atoms with Gasteiger partial charge in [-0.2, -0.15) is 0 Å². The highest BCUT2D eigenvalue weighted by Gasteiger charge is 2.27. The van der Waals surface area contributed by atoms with E-state index < -0.39 is 0 Å². The molecule has 0 amide bonds. The van der Waals surface area contributed by atoms with Crippen LogP contribution in [0.4, 0.5) is 10.9 Å². The zero-order valence-electron chi connectivity index (χ0n) is 22.3. The molecule has 0 radical (unpaired) electrons. The Labute approximate surface area is 221 Å². The molecule has 10 nitrogen and oxygen atoms in total. The maximum Gasteiger partial charge on any atom is 0.186 e. The molecule has 1 saturated heterocycles. The summed E-state index contributed by atoms with van der Waals surface area (Å²) in [5, 5.41) is 12.1. The highest BCUT2D eigenvalue weighted by molar-refractivity contribution is 7.22. The van der Waals surface area contributed by atoms with Crippen LogP contribution >= 0.6 is 11.3 Å². The van der Waals surface area contributed by atoms with E-state index in [2.05, 4.69) is 74.9 Å². The minimum absolute atomic E-state index is 0.225. The predicted molar refractivity (Wildman–Crippen MR) is 150 cm³/mol. The van der Waals surface area contributed by atoms with Gasteiger partial charge in [0.05, 0.1) is 10.9 Å². The molecule has 4 aromatic heterocycles. The highest BCUT2D eigenvalue weighted by Crippen LogP contribution is 2.30. The number of rotatable bonds is 5. The second kappa shape index (κ2) is 11.3. The largest absolute Gasteiger partial charge is 0.373 e. The molecule has 0 aromatic carbocycles. The Kier molecular flexibility index (Phi) is 8.13. The first-order chi connectivity index (χ1) is 17.7. The van der Waals surface area contributed by atoms with Crippen LogP contribution in [0.3, 0.4) is 0 Å². The lowest BCUT2D eigenvalue weighted by Gasteiger charge is -2.42. The SMILES string of the molecule is CC(C)(C)N1CCN(c2nc3cnc(C=O)cc3s2)CC1.CNc1cccc(-c2nncn2C(C)C)n1. The van der Waals surface area contributed by atoms with E-state index in [4.69, 9.17) is 0 Å². The van der Waals surface area contributed by atoms with Crippen molar-refractivity contribution >= 4 is 38.8 Å². The Hall–Kier alpha value is -3.44. The maximum atomic E-state index is 10.8. The molecule has 0 unspecified atom stereocenters. The van der Waals surface area contributed by atoms with E-state index in [1.165, 1.54) is 0 Å². The fourth-order valence-corrected chi connectivity index (χ4v) is 5.14. The molecule has 1 aliphatic rings. The molecule has 5 heterocycles. The van der Waals surface area contributed by atoms with Gasteiger partial charge in [0.25, 0.3) is 0 Å². The number of carbonyl (C=O) groups excluding carboxylic acids is 1. The van der Waals surface area contributed by atoms with Crippen molar-refractivity contribution in [2.24, 2.45) is 0 Å². The Morgan fingerprint density at radius 2 is 1.86 bits per heavy atom. The van der Waals surface area contributed by atoms with Crippen molar-refractivity contribution in [1.82, 2.24) is 34.6 Å². The van der Waals surface area contributed by atoms with Crippen molar-refractivity contribution in [3.63, 3.8) is 0 Å². The fraction of sp³-hybridized carbons (Fsp3) is 0.462. The van der Waals surface area contributed by atoms with Crippen molar-refractivity contribution in [3.05, 3.63) is 42.5 Å². The van der Waals surface area contributed by atoms with Crippen LogP contribution in [0.25, 0.3) is 21.7 Å². The van der Waals surface area contributed by atoms with Crippen LogP contribution in [0.1, 0.15) is 51.1 Å². The Morgan fingerprint density at radius 3 is 2.51 bits per heavy atom. The quantitative estimate of drug-likeness (QED) is 0.383. The van der Waals surface area contributed by atoms with E-state index in [1.54, 1.807) is 23.9 Å². The van der Waals surface area contributed by atoms with Crippen LogP contribution in [0.2, 0.25) is 0 Å². The number of aldehydes is 1. The molecular formula is C26H35N9OS. The molecule has 11 heteroatoms. The lowest BCUT2D eigenvalue weighted by molar-refractivity contribution is 0.111. The van der Waals surface area contributed by atoms with Crippen molar-refractivity contribution in [2.75, 3.05) is 43.4 Å². The summed E-state index contributed by atoms with van der Waals surface area (Å²) in [5.41, 5.74) is 2.40. The third-order valence-electron chi connectivity index (χ3n) is 6.27. The fourth-order valence-electron chi connectivity index (χ4n) is 4.11. The minimum atomic E-state index is 0.225. The van der Waals surface area contributed by atoms with E-state index >= 15 is 0 Å². The number of thiazole rings is 1. The normalized spacial score (nSPS) is 14.5. The molecule has 5 rings (SSSR count). The molecule has 1 aliphatic heterocycles. The molecular weight excluding hydrogens is 486 g/mol. The smallest absolute Gasteiger partial charge is 0.186 e. The van der Waals surface area contributed by atoms with Gasteiger partial charge in [0.2, 0.25) is 0 Å². The van der Waals surface area contributed by atoms with Gasteiger partial charge in [-0.1, -0.05) is 17.4 Å². The van der Waals surface area contributed by atoms with Crippen LogP contribution in [-0.4, -0.2) is 79.7 Å². The summed E-state index contributed by atoms with van der Waals surface area (Å²) in [7, 11) is 1.85. The van der Waals surface area contributed by atoms with E-state index in [9.17, 15) is 4.79 Å². The second-order valence-electron chi connectivity index (χ2n) is 10.1. The third-order valence-corrected chi connectivity index (χ3v) is 7.35. The van der Waals surface area contributed by atoms with Gasteiger partial charge in [0.1, 0.15) is 29.0 Å². The Morgan fingerprint density at radius 1 is 1.11 bits per heavy atom. The molecule has 1 fully saturated rings. The van der Waals surface area contributed by atoms with Gasteiger partial charge in [-0.05, 0) is 52.8 Å². The van der Waals surface area contributed by atoms with Crippen molar-refractivity contribution < 1.29 is 4.79 Å². The lowest BCUT2D eigenvalue weighted by atomic mass is 10.1. The highest BCUT2D eigenvalue weighted by atomic mass is 32.1. The van der Waals surface area contributed by atoms with Crippen molar-refractivity contribution in [1.29, 1.82) is 0 Å². The summed E-state index contributed by atoms with van der Waals surface area (Å²) in [4.78, 5) is 28.8. The second-order valence-corrected chi connectivity index (χ2v) is 11.2. The number of nitrogens with zero attached hydrogens (tertiary/aromatic N) is 8. The first kappa shape index (κ1) is 26.6. The number of fused-ring (bicyclic) bond motifs is 1. The third kappa shape index (κ3) is 6.28. The lowest BCUT2D eigenvalue weighted by Crippen LogP contribution is -2.53. The number of carbonyl (C=O) groups is 1. The van der Waals surface area contributed by atoms with Crippen LogP contribution < -0.4 is 10.2 Å². The zero-order chi connectivity index (χ0) is 26.6. The zero-order valence-corrected chi connectivity index (χ0v) is 23.2. The molecule has 37 heavy (non-hydrogen) atoms. The number of nitrogens with one attached hydrogen (secondary N) is 1. The maximum absolute atomic E-state index is 10.8. The summed E-state index contributed by atoms with van der Waals surface area (Å²) >= 11 is 1.64. The molecule has 0 atom stereocenters. The number of hydrogen-bond donors (Lipinski definition) is 1. The average Bonchev–Trinajstić information content (AvgIpc) is 3.56. The van der Waals surface area contributed by atoms with E-state index in [1.807, 2.05) is 35.9 Å². The van der Waals surface area contributed by atoms with Crippen molar-refractivity contribution in [3.8, 4) is 11.5 Å². The molecule has 0 spiro atoms. The van der Waals surface area contributed by atoms with E-state index in [0.717, 1.165) is 65.1 Å². The number of anilines is 2.